The summed E-state index contributed by atoms with van der Waals surface area (Å²) in [5, 5.41) is 30.1. The Morgan fingerprint density at radius 1 is 1.35 bits per heavy atom. The molecule has 0 bridgehead atoms. The summed E-state index contributed by atoms with van der Waals surface area (Å²) in [5.74, 6) is -1.58. The second-order valence-corrected chi connectivity index (χ2v) is 6.13. The van der Waals surface area contributed by atoms with Gasteiger partial charge in [0, 0.05) is 13.5 Å². The van der Waals surface area contributed by atoms with E-state index in [1.54, 1.807) is 0 Å². The number of rotatable bonds is 7. The Kier molecular flexibility index (Phi) is 5.79. The minimum atomic E-state index is -1.34. The van der Waals surface area contributed by atoms with Crippen molar-refractivity contribution in [1.29, 1.82) is 0 Å². The first-order chi connectivity index (χ1) is 10.9. The summed E-state index contributed by atoms with van der Waals surface area (Å²) >= 11 is 0. The van der Waals surface area contributed by atoms with Gasteiger partial charge in [-0.3, -0.25) is 9.59 Å². The lowest BCUT2D eigenvalue weighted by atomic mass is 9.80. The fourth-order valence-electron chi connectivity index (χ4n) is 3.28. The monoisotopic (exact) mass is 319 g/mol. The molecule has 124 valence electrons. The first-order valence-corrected chi connectivity index (χ1v) is 7.83. The van der Waals surface area contributed by atoms with Crippen molar-refractivity contribution in [3.05, 3.63) is 34.9 Å². The van der Waals surface area contributed by atoms with Crippen LogP contribution in [0.3, 0.4) is 0 Å². The molecule has 0 aliphatic heterocycles. The van der Waals surface area contributed by atoms with Crippen LogP contribution in [0.1, 0.15) is 42.4 Å². The number of carboxylic acids is 1. The summed E-state index contributed by atoms with van der Waals surface area (Å²) in [6.45, 7) is 1.83. The van der Waals surface area contributed by atoms with Crippen molar-refractivity contribution >= 4 is 19.0 Å². The van der Waals surface area contributed by atoms with Crippen molar-refractivity contribution in [3.8, 4) is 0 Å². The highest BCUT2D eigenvalue weighted by atomic mass is 16.4. The zero-order valence-electron chi connectivity index (χ0n) is 13.2. The number of carbonyl (C=O) groups excluding carboxylic acids is 1. The molecule has 23 heavy (non-hydrogen) atoms. The molecule has 0 unspecified atom stereocenters. The molecule has 1 aromatic rings. The summed E-state index contributed by atoms with van der Waals surface area (Å²) in [6, 6.07) is 5.71. The standard InChI is InChI=1S/C16H22BNO5/c1-10(19)18-9-11-4-5-12-8-13(3-2-6-17(22)23)15(16(20)21)14(12)7-11/h4-5,7,13,15,22-23H,2-3,6,8-9H2,1H3,(H,18,19)(H,20,21)/t13-,15-/m0/s1. The summed E-state index contributed by atoms with van der Waals surface area (Å²) in [4.78, 5) is 22.7. The largest absolute Gasteiger partial charge is 0.481 e. The van der Waals surface area contributed by atoms with Crippen molar-refractivity contribution in [3.63, 3.8) is 0 Å². The van der Waals surface area contributed by atoms with E-state index in [9.17, 15) is 14.7 Å². The summed E-state index contributed by atoms with van der Waals surface area (Å²) < 4.78 is 0. The predicted molar refractivity (Wildman–Crippen MR) is 85.8 cm³/mol. The lowest BCUT2D eigenvalue weighted by molar-refractivity contribution is -0.140. The van der Waals surface area contributed by atoms with Gasteiger partial charge >= 0.3 is 13.1 Å². The molecule has 1 aliphatic rings. The van der Waals surface area contributed by atoms with Gasteiger partial charge in [0.15, 0.2) is 0 Å². The first kappa shape index (κ1) is 17.5. The third-order valence-corrected chi connectivity index (χ3v) is 4.34. The maximum atomic E-state index is 11.7. The van der Waals surface area contributed by atoms with E-state index in [-0.39, 0.29) is 18.1 Å². The third-order valence-electron chi connectivity index (χ3n) is 4.34. The van der Waals surface area contributed by atoms with Crippen LogP contribution >= 0.6 is 0 Å². The number of aliphatic carboxylic acids is 1. The van der Waals surface area contributed by atoms with Crippen molar-refractivity contribution < 1.29 is 24.7 Å². The Bertz CT molecular complexity index is 590. The Morgan fingerprint density at radius 2 is 2.09 bits per heavy atom. The van der Waals surface area contributed by atoms with Gasteiger partial charge in [-0.1, -0.05) is 24.6 Å². The van der Waals surface area contributed by atoms with Gasteiger partial charge < -0.3 is 20.5 Å². The predicted octanol–water partition coefficient (Wildman–Crippen LogP) is 0.916. The van der Waals surface area contributed by atoms with E-state index >= 15 is 0 Å². The molecule has 1 amide bonds. The van der Waals surface area contributed by atoms with Gasteiger partial charge in [-0.25, -0.2) is 0 Å². The molecule has 0 saturated carbocycles. The van der Waals surface area contributed by atoms with E-state index in [4.69, 9.17) is 10.0 Å². The maximum absolute atomic E-state index is 11.7. The molecule has 0 fully saturated rings. The molecule has 0 aromatic heterocycles. The Hall–Kier alpha value is -1.86. The number of hydrogen-bond acceptors (Lipinski definition) is 4. The van der Waals surface area contributed by atoms with Crippen LogP contribution in [-0.4, -0.2) is 34.1 Å². The Morgan fingerprint density at radius 3 is 2.70 bits per heavy atom. The zero-order chi connectivity index (χ0) is 17.0. The van der Waals surface area contributed by atoms with Crippen LogP contribution in [0.4, 0.5) is 0 Å². The summed E-state index contributed by atoms with van der Waals surface area (Å²) in [5.41, 5.74) is 2.73. The molecule has 1 aliphatic carbocycles. The van der Waals surface area contributed by atoms with E-state index in [1.807, 2.05) is 18.2 Å². The minimum Gasteiger partial charge on any atom is -0.481 e. The second kappa shape index (κ2) is 7.61. The average molecular weight is 319 g/mol. The normalized spacial score (nSPS) is 19.3. The SMILES string of the molecule is CC(=O)NCc1ccc2c(c1)[C@@H](C(=O)O)[C@@H](CCCB(O)O)C2. The van der Waals surface area contributed by atoms with E-state index < -0.39 is 19.0 Å². The van der Waals surface area contributed by atoms with E-state index in [1.165, 1.54) is 6.92 Å². The lowest BCUT2D eigenvalue weighted by Gasteiger charge is -2.16. The maximum Gasteiger partial charge on any atom is 0.451 e. The molecule has 0 spiro atoms. The molecule has 7 heteroatoms. The average Bonchev–Trinajstić information content (AvgIpc) is 2.82. The van der Waals surface area contributed by atoms with Crippen molar-refractivity contribution in [2.75, 3.05) is 0 Å². The fourth-order valence-corrected chi connectivity index (χ4v) is 3.28. The molecule has 0 radical (unpaired) electrons. The first-order valence-electron chi connectivity index (χ1n) is 7.83. The highest BCUT2D eigenvalue weighted by Gasteiger charge is 2.37. The van der Waals surface area contributed by atoms with E-state index in [0.717, 1.165) is 16.7 Å². The number of fused-ring (bicyclic) bond motifs is 1. The van der Waals surface area contributed by atoms with E-state index in [2.05, 4.69) is 5.32 Å². The van der Waals surface area contributed by atoms with Gasteiger partial charge in [-0.15, -0.1) is 0 Å². The summed E-state index contributed by atoms with van der Waals surface area (Å²) in [6.07, 6.45) is 2.17. The van der Waals surface area contributed by atoms with Gasteiger partial charge in [-0.2, -0.15) is 0 Å². The van der Waals surface area contributed by atoms with Gasteiger partial charge in [0.1, 0.15) is 0 Å². The number of amides is 1. The Balaban J connectivity index is 2.12. The molecule has 2 rings (SSSR count). The van der Waals surface area contributed by atoms with E-state index in [0.29, 0.717) is 25.8 Å². The number of nitrogens with one attached hydrogen (secondary N) is 1. The van der Waals surface area contributed by atoms with Crippen LogP contribution in [0.5, 0.6) is 0 Å². The topological polar surface area (TPSA) is 107 Å². The molecule has 0 saturated heterocycles. The number of hydrogen-bond donors (Lipinski definition) is 4. The molecule has 1 aromatic carbocycles. The fraction of sp³-hybridized carbons (Fsp3) is 0.500. The second-order valence-electron chi connectivity index (χ2n) is 6.13. The smallest absolute Gasteiger partial charge is 0.451 e. The molecule has 2 atom stereocenters. The van der Waals surface area contributed by atoms with Crippen molar-refractivity contribution in [2.45, 2.75) is 45.0 Å². The molecule has 0 heterocycles. The highest BCUT2D eigenvalue weighted by molar-refractivity contribution is 6.40. The molecular weight excluding hydrogens is 297 g/mol. The van der Waals surface area contributed by atoms with Crippen LogP contribution < -0.4 is 5.32 Å². The van der Waals surface area contributed by atoms with Gasteiger partial charge in [-0.05, 0) is 41.8 Å². The molecular formula is C16H22BNO5. The number of benzene rings is 1. The van der Waals surface area contributed by atoms with Crippen molar-refractivity contribution in [2.24, 2.45) is 5.92 Å². The number of carbonyl (C=O) groups is 2. The summed E-state index contributed by atoms with van der Waals surface area (Å²) in [7, 11) is -1.34. The van der Waals surface area contributed by atoms with Crippen LogP contribution in [0.25, 0.3) is 0 Å². The molecule has 4 N–H and O–H groups in total. The minimum absolute atomic E-state index is 0.0303. The zero-order valence-corrected chi connectivity index (χ0v) is 13.2. The van der Waals surface area contributed by atoms with Crippen LogP contribution in [-0.2, 0) is 22.6 Å². The lowest BCUT2D eigenvalue weighted by Crippen LogP contribution is -2.20. The quantitative estimate of drug-likeness (QED) is 0.559. The van der Waals surface area contributed by atoms with Gasteiger partial charge in [0.2, 0.25) is 5.91 Å². The van der Waals surface area contributed by atoms with Crippen LogP contribution in [0.2, 0.25) is 6.32 Å². The van der Waals surface area contributed by atoms with Crippen LogP contribution in [0.15, 0.2) is 18.2 Å². The molecule has 6 nitrogen and oxygen atoms in total. The van der Waals surface area contributed by atoms with Crippen LogP contribution in [0, 0.1) is 5.92 Å². The van der Waals surface area contributed by atoms with Gasteiger partial charge in [0.05, 0.1) is 5.92 Å². The van der Waals surface area contributed by atoms with Gasteiger partial charge in [0.25, 0.3) is 0 Å². The third kappa shape index (κ3) is 4.56. The van der Waals surface area contributed by atoms with Crippen molar-refractivity contribution in [1.82, 2.24) is 5.32 Å². The number of carboxylic acid groups (broad SMARTS) is 1. The highest BCUT2D eigenvalue weighted by Crippen LogP contribution is 2.41. The Labute approximate surface area is 135 Å².